The van der Waals surface area contributed by atoms with Crippen LogP contribution in [-0.2, 0) is 9.59 Å². The van der Waals surface area contributed by atoms with Gasteiger partial charge in [0.2, 0.25) is 5.82 Å². The van der Waals surface area contributed by atoms with Crippen LogP contribution in [0.2, 0.25) is 0 Å². The van der Waals surface area contributed by atoms with E-state index in [2.05, 4.69) is 10.6 Å². The van der Waals surface area contributed by atoms with Crippen molar-refractivity contribution in [3.05, 3.63) is 28.1 Å². The van der Waals surface area contributed by atoms with Crippen molar-refractivity contribution < 1.29 is 18.9 Å². The Kier molecular flexibility index (Phi) is 2.04. The molecular weight excluding hydrogens is 221 g/mol. The fourth-order valence-corrected chi connectivity index (χ4v) is 1.22. The summed E-state index contributed by atoms with van der Waals surface area (Å²) in [4.78, 5) is 31.2. The maximum absolute atomic E-state index is 13.1. The molecule has 1 aromatic carbocycles. The second-order valence-corrected chi connectivity index (χ2v) is 2.95. The van der Waals surface area contributed by atoms with E-state index in [1.54, 1.807) is 0 Å². The number of amides is 2. The van der Waals surface area contributed by atoms with E-state index in [0.717, 1.165) is 12.1 Å². The Labute approximate surface area is 87.4 Å². The standard InChI is InChI=1S/C8H3FN3O4/c9-3-1-4-5(2-6(3)12(15)16)11-8(14)7(13)10-4/h1-2H,(H,11,14). The second kappa shape index (κ2) is 3.26. The summed E-state index contributed by atoms with van der Waals surface area (Å²) in [6.45, 7) is 0. The van der Waals surface area contributed by atoms with Gasteiger partial charge in [-0.05, 0) is 0 Å². The van der Waals surface area contributed by atoms with E-state index in [1.807, 2.05) is 0 Å². The van der Waals surface area contributed by atoms with E-state index in [-0.39, 0.29) is 11.4 Å². The van der Waals surface area contributed by atoms with Crippen molar-refractivity contribution >= 4 is 28.9 Å². The number of halogens is 1. The first-order chi connectivity index (χ1) is 7.49. The number of nitrogens with one attached hydrogen (secondary N) is 1. The lowest BCUT2D eigenvalue weighted by Crippen LogP contribution is -2.33. The third kappa shape index (κ3) is 1.45. The third-order valence-corrected chi connectivity index (χ3v) is 1.93. The summed E-state index contributed by atoms with van der Waals surface area (Å²) in [5, 5.41) is 15.8. The van der Waals surface area contributed by atoms with Crippen LogP contribution in [-0.4, -0.2) is 16.7 Å². The molecule has 1 aliphatic heterocycles. The molecule has 0 saturated heterocycles. The average molecular weight is 224 g/mol. The van der Waals surface area contributed by atoms with Gasteiger partial charge >= 0.3 is 17.5 Å². The Morgan fingerprint density at radius 2 is 2.06 bits per heavy atom. The van der Waals surface area contributed by atoms with Gasteiger partial charge in [-0.15, -0.1) is 0 Å². The van der Waals surface area contributed by atoms with Gasteiger partial charge in [0.1, 0.15) is 0 Å². The molecule has 0 aliphatic carbocycles. The fraction of sp³-hybridized carbons (Fsp3) is 0. The number of nitrogens with zero attached hydrogens (tertiary/aromatic N) is 2. The number of hydrogen-bond acceptors (Lipinski definition) is 4. The Bertz CT molecular complexity index is 528. The van der Waals surface area contributed by atoms with Gasteiger partial charge in [-0.1, -0.05) is 0 Å². The number of benzene rings is 1. The zero-order valence-electron chi connectivity index (χ0n) is 7.56. The van der Waals surface area contributed by atoms with Crippen LogP contribution in [0.3, 0.4) is 0 Å². The first-order valence-electron chi connectivity index (χ1n) is 4.04. The minimum atomic E-state index is -1.11. The lowest BCUT2D eigenvalue weighted by Gasteiger charge is -2.14. The molecule has 1 heterocycles. The number of fused-ring (bicyclic) bond motifs is 1. The summed E-state index contributed by atoms with van der Waals surface area (Å²) < 4.78 is 13.1. The molecule has 0 saturated carbocycles. The van der Waals surface area contributed by atoms with Crippen molar-refractivity contribution in [3.63, 3.8) is 0 Å². The Hall–Kier alpha value is -2.51. The van der Waals surface area contributed by atoms with Gasteiger partial charge in [-0.25, -0.2) is 5.32 Å². The highest BCUT2D eigenvalue weighted by atomic mass is 19.1. The zero-order chi connectivity index (χ0) is 11.9. The van der Waals surface area contributed by atoms with Crippen LogP contribution in [0.1, 0.15) is 0 Å². The molecule has 81 valence electrons. The van der Waals surface area contributed by atoms with Crippen molar-refractivity contribution in [2.75, 3.05) is 5.32 Å². The van der Waals surface area contributed by atoms with Gasteiger partial charge in [0.05, 0.1) is 16.3 Å². The van der Waals surface area contributed by atoms with E-state index in [9.17, 15) is 24.1 Å². The van der Waals surface area contributed by atoms with Gasteiger partial charge in [-0.2, -0.15) is 4.39 Å². The quantitative estimate of drug-likeness (QED) is 0.424. The molecule has 1 aliphatic rings. The number of anilines is 1. The summed E-state index contributed by atoms with van der Waals surface area (Å²) in [7, 11) is 0. The molecule has 2 amide bonds. The van der Waals surface area contributed by atoms with Gasteiger partial charge in [-0.3, -0.25) is 19.7 Å². The minimum Gasteiger partial charge on any atom is -0.316 e. The molecule has 0 fully saturated rings. The monoisotopic (exact) mass is 224 g/mol. The van der Waals surface area contributed by atoms with Gasteiger partial charge < -0.3 is 5.32 Å². The first kappa shape index (κ1) is 10.0. The van der Waals surface area contributed by atoms with Crippen molar-refractivity contribution in [3.8, 4) is 0 Å². The molecule has 0 atom stereocenters. The highest BCUT2D eigenvalue weighted by molar-refractivity contribution is 6.42. The molecule has 16 heavy (non-hydrogen) atoms. The van der Waals surface area contributed by atoms with E-state index in [1.165, 1.54) is 0 Å². The molecule has 0 aromatic heterocycles. The van der Waals surface area contributed by atoms with Gasteiger partial charge in [0.25, 0.3) is 0 Å². The fourth-order valence-electron chi connectivity index (χ4n) is 1.22. The van der Waals surface area contributed by atoms with Crippen LogP contribution >= 0.6 is 0 Å². The maximum Gasteiger partial charge on any atom is 0.335 e. The average Bonchev–Trinajstić information content (AvgIpc) is 2.19. The molecule has 1 N–H and O–H groups in total. The highest BCUT2D eigenvalue weighted by Crippen LogP contribution is 2.31. The summed E-state index contributed by atoms with van der Waals surface area (Å²) in [5.41, 5.74) is -0.978. The van der Waals surface area contributed by atoms with Crippen LogP contribution in [0, 0.1) is 15.9 Å². The number of nitro benzene ring substituents is 1. The van der Waals surface area contributed by atoms with Crippen LogP contribution in [0.4, 0.5) is 21.5 Å². The van der Waals surface area contributed by atoms with Gasteiger partial charge in [0, 0.05) is 12.1 Å². The van der Waals surface area contributed by atoms with Crippen LogP contribution in [0.15, 0.2) is 12.1 Å². The largest absolute Gasteiger partial charge is 0.335 e. The molecule has 1 aromatic rings. The molecule has 7 nitrogen and oxygen atoms in total. The predicted octanol–water partition coefficient (Wildman–Crippen LogP) is 0.448. The molecular formula is C8H3FN3O4. The summed E-state index contributed by atoms with van der Waals surface area (Å²) in [6, 6.07) is 1.54. The number of carbonyl (C=O) groups excluding carboxylic acids is 2. The van der Waals surface area contributed by atoms with Crippen LogP contribution in [0.25, 0.3) is 0 Å². The zero-order valence-corrected chi connectivity index (χ0v) is 7.56. The third-order valence-electron chi connectivity index (χ3n) is 1.93. The topological polar surface area (TPSA) is 103 Å². The predicted molar refractivity (Wildman–Crippen MR) is 48.5 cm³/mol. The summed E-state index contributed by atoms with van der Waals surface area (Å²) in [5.74, 6) is -3.19. The molecule has 1 radical (unpaired) electrons. The summed E-state index contributed by atoms with van der Waals surface area (Å²) in [6.07, 6.45) is 0. The van der Waals surface area contributed by atoms with Crippen molar-refractivity contribution in [1.82, 2.24) is 5.32 Å². The molecule has 8 heteroatoms. The van der Waals surface area contributed by atoms with Crippen molar-refractivity contribution in [1.29, 1.82) is 0 Å². The smallest absolute Gasteiger partial charge is 0.316 e. The van der Waals surface area contributed by atoms with Crippen molar-refractivity contribution in [2.24, 2.45) is 0 Å². The van der Waals surface area contributed by atoms with E-state index in [4.69, 9.17) is 0 Å². The first-order valence-corrected chi connectivity index (χ1v) is 4.04. The number of carbonyl (C=O) groups is 2. The number of hydrogen-bond donors (Lipinski definition) is 1. The number of nitro groups is 1. The van der Waals surface area contributed by atoms with Crippen molar-refractivity contribution in [2.45, 2.75) is 0 Å². The molecule has 0 unspecified atom stereocenters. The molecule has 0 bridgehead atoms. The number of rotatable bonds is 1. The highest BCUT2D eigenvalue weighted by Gasteiger charge is 2.28. The summed E-state index contributed by atoms with van der Waals surface area (Å²) >= 11 is 0. The lowest BCUT2D eigenvalue weighted by atomic mass is 10.2. The Balaban J connectivity index is 2.55. The SMILES string of the molecule is O=C1[N]c2cc(F)c([N+](=O)[O-])cc2NC1=O. The normalized spacial score (nSPS) is 13.8. The lowest BCUT2D eigenvalue weighted by molar-refractivity contribution is -0.387. The second-order valence-electron chi connectivity index (χ2n) is 2.95. The van der Waals surface area contributed by atoms with E-state index >= 15 is 0 Å². The molecule has 0 spiro atoms. The maximum atomic E-state index is 13.1. The minimum absolute atomic E-state index is 0.0577. The van der Waals surface area contributed by atoms with Crippen LogP contribution in [0.5, 0.6) is 0 Å². The van der Waals surface area contributed by atoms with Crippen LogP contribution < -0.4 is 10.6 Å². The van der Waals surface area contributed by atoms with Gasteiger partial charge in [0.15, 0.2) is 0 Å². The molecule has 2 rings (SSSR count). The van der Waals surface area contributed by atoms with E-state index in [0.29, 0.717) is 0 Å². The Morgan fingerprint density at radius 1 is 1.38 bits per heavy atom. The Morgan fingerprint density at radius 3 is 2.69 bits per heavy atom. The van der Waals surface area contributed by atoms with E-state index < -0.39 is 28.2 Å².